The standard InChI is InChI=1S/C20H20N6O4S/c1-4-5-18(17-13-22-25-9-8-15(12-21)10-19(17)25)23-24(3)31(29,30)20-11-16(26(27)28)7-6-14(20)2/h6-11,13H,4-5H2,1-3H3/b23-18-. The molecule has 0 aliphatic carbocycles. The van der Waals surface area contributed by atoms with Gasteiger partial charge in [-0.3, -0.25) is 10.1 Å². The third-order valence-electron chi connectivity index (χ3n) is 4.72. The van der Waals surface area contributed by atoms with Crippen LogP contribution in [0.1, 0.15) is 36.5 Å². The van der Waals surface area contributed by atoms with E-state index < -0.39 is 14.9 Å². The van der Waals surface area contributed by atoms with E-state index in [0.717, 1.165) is 10.5 Å². The highest BCUT2D eigenvalue weighted by Crippen LogP contribution is 2.25. The van der Waals surface area contributed by atoms with Crippen molar-refractivity contribution in [2.24, 2.45) is 5.10 Å². The van der Waals surface area contributed by atoms with E-state index in [1.807, 2.05) is 6.92 Å². The van der Waals surface area contributed by atoms with Gasteiger partial charge in [-0.2, -0.15) is 28.3 Å². The van der Waals surface area contributed by atoms with Gasteiger partial charge in [0.15, 0.2) is 0 Å². The fourth-order valence-corrected chi connectivity index (χ4v) is 4.33. The van der Waals surface area contributed by atoms with E-state index in [0.29, 0.717) is 40.8 Å². The number of nitro benzene ring substituents is 1. The number of rotatable bonds is 7. The van der Waals surface area contributed by atoms with Crippen molar-refractivity contribution < 1.29 is 13.3 Å². The van der Waals surface area contributed by atoms with Crippen molar-refractivity contribution in [1.29, 1.82) is 5.26 Å². The molecule has 3 rings (SSSR count). The van der Waals surface area contributed by atoms with E-state index in [1.54, 1.807) is 36.0 Å². The molecule has 0 radical (unpaired) electrons. The number of nitro groups is 1. The highest BCUT2D eigenvalue weighted by molar-refractivity contribution is 7.89. The molecule has 0 saturated carbocycles. The Hall–Kier alpha value is -3.78. The van der Waals surface area contributed by atoms with Crippen LogP contribution in [0.4, 0.5) is 5.69 Å². The summed E-state index contributed by atoms with van der Waals surface area (Å²) in [4.78, 5) is 10.3. The van der Waals surface area contributed by atoms with Crippen molar-refractivity contribution in [2.75, 3.05) is 7.05 Å². The number of non-ortho nitro benzene ring substituents is 1. The summed E-state index contributed by atoms with van der Waals surface area (Å²) in [6.45, 7) is 3.50. The number of hydrogen-bond acceptors (Lipinski definition) is 7. The maximum atomic E-state index is 13.1. The molecule has 0 saturated heterocycles. The van der Waals surface area contributed by atoms with Crippen molar-refractivity contribution in [3.05, 3.63) is 69.5 Å². The molecular formula is C20H20N6O4S. The molecule has 0 atom stereocenters. The minimum absolute atomic E-state index is 0.185. The summed E-state index contributed by atoms with van der Waals surface area (Å²) in [7, 11) is -2.85. The van der Waals surface area contributed by atoms with E-state index in [9.17, 15) is 23.8 Å². The summed E-state index contributed by atoms with van der Waals surface area (Å²) in [6, 6.07) is 9.04. The lowest BCUT2D eigenvalue weighted by atomic mass is 10.1. The fraction of sp³-hybridized carbons (Fsp3) is 0.250. The minimum atomic E-state index is -4.13. The lowest BCUT2D eigenvalue weighted by Gasteiger charge is -2.17. The molecule has 2 aromatic heterocycles. The second-order valence-electron chi connectivity index (χ2n) is 6.86. The van der Waals surface area contributed by atoms with E-state index in [1.165, 1.54) is 19.2 Å². The van der Waals surface area contributed by atoms with Crippen LogP contribution < -0.4 is 0 Å². The number of fused-ring (bicyclic) bond motifs is 1. The predicted octanol–water partition coefficient (Wildman–Crippen LogP) is 3.25. The van der Waals surface area contributed by atoms with Crippen LogP contribution in [0, 0.1) is 28.4 Å². The maximum absolute atomic E-state index is 13.1. The Morgan fingerprint density at radius 2 is 2.10 bits per heavy atom. The zero-order chi connectivity index (χ0) is 22.8. The molecule has 160 valence electrons. The lowest BCUT2D eigenvalue weighted by molar-refractivity contribution is -0.385. The third kappa shape index (κ3) is 4.24. The SMILES string of the molecule is CCC/C(=N/N(C)S(=O)(=O)c1cc([N+](=O)[O-])ccc1C)c1cnn2ccc(C#N)cc12. The predicted molar refractivity (Wildman–Crippen MR) is 114 cm³/mol. The Kier molecular flexibility index (Phi) is 6.03. The molecule has 11 heteroatoms. The Bertz CT molecular complexity index is 1340. The van der Waals surface area contributed by atoms with Crippen molar-refractivity contribution >= 4 is 26.9 Å². The van der Waals surface area contributed by atoms with Gasteiger partial charge in [-0.25, -0.2) is 4.52 Å². The fourth-order valence-electron chi connectivity index (χ4n) is 3.09. The number of benzene rings is 1. The first-order chi connectivity index (χ1) is 14.7. The molecule has 31 heavy (non-hydrogen) atoms. The van der Waals surface area contributed by atoms with Crippen LogP contribution in [-0.4, -0.2) is 40.1 Å². The van der Waals surface area contributed by atoms with Gasteiger partial charge in [-0.1, -0.05) is 19.4 Å². The van der Waals surface area contributed by atoms with Gasteiger partial charge in [0.05, 0.1) is 38.9 Å². The average molecular weight is 440 g/mol. The van der Waals surface area contributed by atoms with Gasteiger partial charge in [-0.05, 0) is 31.0 Å². The van der Waals surface area contributed by atoms with Crippen LogP contribution in [0.3, 0.4) is 0 Å². The van der Waals surface area contributed by atoms with E-state index in [-0.39, 0.29) is 10.6 Å². The Morgan fingerprint density at radius 3 is 2.74 bits per heavy atom. The van der Waals surface area contributed by atoms with Gasteiger partial charge in [-0.15, -0.1) is 0 Å². The summed E-state index contributed by atoms with van der Waals surface area (Å²) in [5.41, 5.74) is 2.21. The molecular weight excluding hydrogens is 420 g/mol. The molecule has 10 nitrogen and oxygen atoms in total. The number of nitrogens with zero attached hydrogens (tertiary/aromatic N) is 6. The van der Waals surface area contributed by atoms with Crippen LogP contribution in [0.25, 0.3) is 5.52 Å². The smallest absolute Gasteiger partial charge is 0.258 e. The van der Waals surface area contributed by atoms with Gasteiger partial charge in [0.2, 0.25) is 0 Å². The van der Waals surface area contributed by atoms with Crippen LogP contribution in [-0.2, 0) is 10.0 Å². The summed E-state index contributed by atoms with van der Waals surface area (Å²) in [5, 5.41) is 28.9. The Morgan fingerprint density at radius 1 is 1.35 bits per heavy atom. The number of hydrogen-bond donors (Lipinski definition) is 0. The summed E-state index contributed by atoms with van der Waals surface area (Å²) >= 11 is 0. The van der Waals surface area contributed by atoms with Crippen LogP contribution in [0.5, 0.6) is 0 Å². The van der Waals surface area contributed by atoms with Crippen molar-refractivity contribution in [3.63, 3.8) is 0 Å². The largest absolute Gasteiger partial charge is 0.279 e. The topological polar surface area (TPSA) is 134 Å². The molecule has 0 aliphatic heterocycles. The molecule has 0 N–H and O–H groups in total. The zero-order valence-corrected chi connectivity index (χ0v) is 18.0. The molecule has 3 aromatic rings. The van der Waals surface area contributed by atoms with Crippen LogP contribution in [0.2, 0.25) is 0 Å². The van der Waals surface area contributed by atoms with Gasteiger partial charge >= 0.3 is 0 Å². The number of aromatic nitrogens is 2. The second kappa shape index (κ2) is 8.53. The lowest BCUT2D eigenvalue weighted by Crippen LogP contribution is -2.24. The first-order valence-corrected chi connectivity index (χ1v) is 10.8. The van der Waals surface area contributed by atoms with Crippen molar-refractivity contribution in [3.8, 4) is 6.07 Å². The summed E-state index contributed by atoms with van der Waals surface area (Å²) in [5.74, 6) is 0. The number of sulfonamides is 1. The number of aryl methyl sites for hydroxylation is 1. The van der Waals surface area contributed by atoms with Gasteiger partial charge in [0.1, 0.15) is 0 Å². The summed E-state index contributed by atoms with van der Waals surface area (Å²) < 4.78 is 28.7. The molecule has 0 amide bonds. The second-order valence-corrected chi connectivity index (χ2v) is 8.78. The number of hydrazone groups is 1. The quantitative estimate of drug-likeness (QED) is 0.314. The maximum Gasteiger partial charge on any atom is 0.279 e. The van der Waals surface area contributed by atoms with Crippen molar-refractivity contribution in [1.82, 2.24) is 14.0 Å². The molecule has 0 unspecified atom stereocenters. The molecule has 1 aromatic carbocycles. The van der Waals surface area contributed by atoms with Crippen LogP contribution in [0.15, 0.2) is 52.7 Å². The Labute approximate surface area is 179 Å². The zero-order valence-electron chi connectivity index (χ0n) is 17.2. The number of nitriles is 1. The van der Waals surface area contributed by atoms with Crippen molar-refractivity contribution in [2.45, 2.75) is 31.6 Å². The number of pyridine rings is 1. The molecule has 0 bridgehead atoms. The normalized spacial score (nSPS) is 12.0. The van der Waals surface area contributed by atoms with Gasteiger partial charge in [0, 0.05) is 30.9 Å². The summed E-state index contributed by atoms with van der Waals surface area (Å²) in [6.07, 6.45) is 4.38. The molecule has 2 heterocycles. The highest BCUT2D eigenvalue weighted by Gasteiger charge is 2.25. The van der Waals surface area contributed by atoms with Gasteiger partial charge < -0.3 is 0 Å². The molecule has 0 fully saturated rings. The monoisotopic (exact) mass is 440 g/mol. The molecule has 0 aliphatic rings. The van der Waals surface area contributed by atoms with Gasteiger partial charge in [0.25, 0.3) is 15.7 Å². The minimum Gasteiger partial charge on any atom is -0.258 e. The van der Waals surface area contributed by atoms with E-state index in [4.69, 9.17) is 0 Å². The van der Waals surface area contributed by atoms with Crippen LogP contribution >= 0.6 is 0 Å². The highest BCUT2D eigenvalue weighted by atomic mass is 32.2. The van der Waals surface area contributed by atoms with E-state index in [2.05, 4.69) is 16.3 Å². The molecule has 0 spiro atoms. The van der Waals surface area contributed by atoms with E-state index >= 15 is 0 Å². The third-order valence-corrected chi connectivity index (χ3v) is 6.49. The first kappa shape index (κ1) is 21.9. The average Bonchev–Trinajstić information content (AvgIpc) is 3.16. The first-order valence-electron chi connectivity index (χ1n) is 9.38. The Balaban J connectivity index is 2.10.